The Bertz CT molecular complexity index is 1760. The van der Waals surface area contributed by atoms with Crippen LogP contribution in [0.5, 0.6) is 11.5 Å². The first kappa shape index (κ1) is 31.1. The van der Waals surface area contributed by atoms with Gasteiger partial charge >= 0.3 is 0 Å². The van der Waals surface area contributed by atoms with E-state index < -0.39 is 17.5 Å². The molecule has 9 nitrogen and oxygen atoms in total. The van der Waals surface area contributed by atoms with Gasteiger partial charge in [-0.25, -0.2) is 19.2 Å². The minimum atomic E-state index is -0.755. The summed E-state index contributed by atoms with van der Waals surface area (Å²) in [4.78, 5) is 17.5. The van der Waals surface area contributed by atoms with Crippen LogP contribution in [0, 0.1) is 23.0 Å². The number of amides is 1. The average Bonchev–Trinajstić information content (AvgIpc) is 3.07. The van der Waals surface area contributed by atoms with Crippen molar-refractivity contribution >= 4 is 17.8 Å². The topological polar surface area (TPSA) is 131 Å². The largest absolute Gasteiger partial charge is 0.504 e. The molecule has 11 heteroatoms. The van der Waals surface area contributed by atoms with E-state index in [1.54, 1.807) is 29.8 Å². The minimum Gasteiger partial charge on any atom is -0.504 e. The second-order valence-electron chi connectivity index (χ2n) is 10.6. The summed E-state index contributed by atoms with van der Waals surface area (Å²) in [5.74, 6) is -1.69. The Hall–Kier alpha value is -5.31. The van der Waals surface area contributed by atoms with Crippen molar-refractivity contribution in [3.05, 3.63) is 101 Å². The molecule has 4 aromatic rings. The summed E-state index contributed by atoms with van der Waals surface area (Å²) >= 11 is 0. The number of phenols is 1. The number of carbonyl (C=O) groups excluding carboxylic acids is 1. The van der Waals surface area contributed by atoms with Gasteiger partial charge in [-0.2, -0.15) is 5.26 Å². The van der Waals surface area contributed by atoms with Crippen molar-refractivity contribution in [2.24, 2.45) is 0 Å². The molecular weight excluding hydrogens is 580 g/mol. The number of aromatic hydroxyl groups is 1. The van der Waals surface area contributed by atoms with Crippen molar-refractivity contribution in [2.75, 3.05) is 25.1 Å². The van der Waals surface area contributed by atoms with Crippen LogP contribution >= 0.6 is 0 Å². The Morgan fingerprint density at radius 1 is 1.11 bits per heavy atom. The van der Waals surface area contributed by atoms with Gasteiger partial charge in [-0.05, 0) is 65.4 Å². The molecule has 45 heavy (non-hydrogen) atoms. The first-order valence-corrected chi connectivity index (χ1v) is 14.3. The summed E-state index contributed by atoms with van der Waals surface area (Å²) < 4.78 is 36.4. The van der Waals surface area contributed by atoms with Crippen LogP contribution in [0.4, 0.5) is 14.6 Å². The third-order valence-corrected chi connectivity index (χ3v) is 7.78. The molecule has 0 unspecified atom stereocenters. The molecule has 1 aliphatic rings. The monoisotopic (exact) mass is 611 g/mol. The van der Waals surface area contributed by atoms with E-state index in [0.717, 1.165) is 30.0 Å². The van der Waals surface area contributed by atoms with E-state index in [1.807, 2.05) is 29.2 Å². The van der Waals surface area contributed by atoms with Gasteiger partial charge in [0, 0.05) is 49.1 Å². The van der Waals surface area contributed by atoms with E-state index in [9.17, 15) is 19.6 Å². The molecule has 230 valence electrons. The van der Waals surface area contributed by atoms with Gasteiger partial charge in [-0.3, -0.25) is 10.0 Å². The zero-order valence-corrected chi connectivity index (χ0v) is 24.4. The molecule has 1 amide bonds. The Morgan fingerprint density at radius 3 is 2.51 bits per heavy atom. The minimum absolute atomic E-state index is 0.0763. The summed E-state index contributed by atoms with van der Waals surface area (Å²) in [6, 6.07) is 18.2. The summed E-state index contributed by atoms with van der Waals surface area (Å²) in [7, 11) is 1.41. The van der Waals surface area contributed by atoms with Crippen molar-refractivity contribution in [1.82, 2.24) is 15.8 Å². The molecular formula is C34H31F2N5O4. The van der Waals surface area contributed by atoms with Crippen molar-refractivity contribution in [1.29, 1.82) is 5.26 Å². The van der Waals surface area contributed by atoms with Gasteiger partial charge in [0.05, 0.1) is 12.7 Å². The Balaban J connectivity index is 1.33. The average molecular weight is 612 g/mol. The summed E-state index contributed by atoms with van der Waals surface area (Å²) in [6.45, 7) is 1.73. The van der Waals surface area contributed by atoms with Gasteiger partial charge in [0.15, 0.2) is 23.1 Å². The highest BCUT2D eigenvalue weighted by atomic mass is 19.1. The van der Waals surface area contributed by atoms with E-state index in [2.05, 4.69) is 10.3 Å². The van der Waals surface area contributed by atoms with Crippen LogP contribution < -0.4 is 20.4 Å². The number of benzene rings is 3. The predicted octanol–water partition coefficient (Wildman–Crippen LogP) is 5.56. The fourth-order valence-electron chi connectivity index (χ4n) is 5.32. The third kappa shape index (κ3) is 7.09. The number of nitriles is 1. The summed E-state index contributed by atoms with van der Waals surface area (Å²) in [6.07, 6.45) is 5.87. The number of halogens is 2. The van der Waals surface area contributed by atoms with E-state index >= 15 is 4.39 Å². The molecule has 1 aliphatic heterocycles. The number of pyridine rings is 1. The molecule has 2 heterocycles. The molecule has 0 aliphatic carbocycles. The highest BCUT2D eigenvalue weighted by Crippen LogP contribution is 2.40. The van der Waals surface area contributed by atoms with Gasteiger partial charge in [-0.1, -0.05) is 36.4 Å². The smallest absolute Gasteiger partial charge is 0.267 e. The van der Waals surface area contributed by atoms with E-state index in [4.69, 9.17) is 9.94 Å². The number of nitrogens with zero attached hydrogens (tertiary/aromatic N) is 3. The van der Waals surface area contributed by atoms with Crippen LogP contribution in [0.1, 0.15) is 29.5 Å². The standard InChI is InChI=1S/C34H31F2N5O4/c1-45-30-17-23(9-10-29(30)42)27-20-39-34(33(36)32(27)24-7-8-25(18-37)28(35)16-24)41-14-12-26(13-15-41)38-19-22-4-2-21(3-5-22)6-11-31(43)40-44/h2-11,16-17,20,26,38,42,44H,12-15,19H2,1H3,(H,40,43)/b11-6+. The Morgan fingerprint density at radius 2 is 1.84 bits per heavy atom. The van der Waals surface area contributed by atoms with Crippen molar-refractivity contribution < 1.29 is 28.6 Å². The number of phenolic OH excluding ortho intramolecular Hbond substituents is 1. The highest BCUT2D eigenvalue weighted by Gasteiger charge is 2.26. The molecule has 1 aromatic heterocycles. The number of ether oxygens (including phenoxy) is 1. The quantitative estimate of drug-likeness (QED) is 0.110. The van der Waals surface area contributed by atoms with Crippen LogP contribution in [-0.2, 0) is 11.3 Å². The van der Waals surface area contributed by atoms with Gasteiger partial charge in [0.2, 0.25) is 0 Å². The molecule has 0 spiro atoms. The maximum absolute atomic E-state index is 16.5. The number of hydrogen-bond donors (Lipinski definition) is 4. The lowest BCUT2D eigenvalue weighted by molar-refractivity contribution is -0.124. The molecule has 5 rings (SSSR count). The molecule has 0 atom stereocenters. The van der Waals surface area contributed by atoms with Crippen LogP contribution in [0.15, 0.2) is 72.9 Å². The van der Waals surface area contributed by atoms with Crippen LogP contribution in [0.2, 0.25) is 0 Å². The van der Waals surface area contributed by atoms with Crippen molar-refractivity contribution in [3.8, 4) is 39.8 Å². The number of piperidine rings is 1. The fourth-order valence-corrected chi connectivity index (χ4v) is 5.32. The number of hydrogen-bond acceptors (Lipinski definition) is 8. The second kappa shape index (κ2) is 14.0. The lowest BCUT2D eigenvalue weighted by Gasteiger charge is -2.34. The molecule has 1 saturated heterocycles. The number of aromatic nitrogens is 1. The predicted molar refractivity (Wildman–Crippen MR) is 165 cm³/mol. The van der Waals surface area contributed by atoms with Gasteiger partial charge in [0.1, 0.15) is 11.9 Å². The van der Waals surface area contributed by atoms with Gasteiger partial charge < -0.3 is 20.1 Å². The number of carbonyl (C=O) groups is 1. The van der Waals surface area contributed by atoms with E-state index in [0.29, 0.717) is 30.8 Å². The highest BCUT2D eigenvalue weighted by molar-refractivity contribution is 5.90. The Kier molecular flexibility index (Phi) is 9.67. The number of hydroxylamine groups is 1. The number of anilines is 1. The normalized spacial score (nSPS) is 13.5. The molecule has 3 aromatic carbocycles. The van der Waals surface area contributed by atoms with Gasteiger partial charge in [0.25, 0.3) is 5.91 Å². The SMILES string of the molecule is COc1cc(-c2cnc(N3CCC(NCc4ccc(/C=C/C(=O)NO)cc4)CC3)c(F)c2-c2ccc(C#N)c(F)c2)ccc1O. The van der Waals surface area contributed by atoms with Crippen molar-refractivity contribution in [2.45, 2.75) is 25.4 Å². The fraction of sp³-hybridized carbons (Fsp3) is 0.206. The second-order valence-corrected chi connectivity index (χ2v) is 10.6. The first-order valence-electron chi connectivity index (χ1n) is 14.3. The lowest BCUT2D eigenvalue weighted by atomic mass is 9.94. The van der Waals surface area contributed by atoms with Crippen molar-refractivity contribution in [3.63, 3.8) is 0 Å². The molecule has 0 radical (unpaired) electrons. The van der Waals surface area contributed by atoms with E-state index in [1.165, 1.54) is 37.6 Å². The summed E-state index contributed by atoms with van der Waals surface area (Å²) in [5.41, 5.74) is 4.58. The van der Waals surface area contributed by atoms with Crippen LogP contribution in [-0.4, -0.2) is 47.4 Å². The van der Waals surface area contributed by atoms with Gasteiger partial charge in [-0.15, -0.1) is 0 Å². The van der Waals surface area contributed by atoms with E-state index in [-0.39, 0.29) is 40.0 Å². The molecule has 0 bridgehead atoms. The third-order valence-electron chi connectivity index (χ3n) is 7.78. The number of rotatable bonds is 9. The first-order chi connectivity index (χ1) is 21.8. The Labute approximate surface area is 259 Å². The summed E-state index contributed by atoms with van der Waals surface area (Å²) in [5, 5.41) is 31.4. The molecule has 4 N–H and O–H groups in total. The number of methoxy groups -OCH3 is 1. The van der Waals surface area contributed by atoms with Crippen LogP contribution in [0.3, 0.4) is 0 Å². The lowest BCUT2D eigenvalue weighted by Crippen LogP contribution is -2.43. The molecule has 0 saturated carbocycles. The maximum Gasteiger partial charge on any atom is 0.267 e. The zero-order valence-electron chi connectivity index (χ0n) is 24.4. The zero-order chi connectivity index (χ0) is 31.9. The maximum atomic E-state index is 16.5. The number of nitrogens with one attached hydrogen (secondary N) is 2. The molecule has 1 fully saturated rings. The van der Waals surface area contributed by atoms with Crippen LogP contribution in [0.25, 0.3) is 28.3 Å².